The number of fused-ring (bicyclic) bond motifs is 1. The standard InChI is InChI=1S/C29H31F7N2O3/c1-16(18-10-19(28(31,32)33)12-20(11-18)29(34,35)36)41-25-15-38-24(27(25)17-2-4-21(30)5-3-17)13-22(14-26(38)40)37-8-6-23(39)7-9-37/h2-5,10-12,16,22-25,27,39H,6-9,13-15H2,1H3/t16-,22?,24+,25+,27?/m1/s1. The minimum Gasteiger partial charge on any atom is -0.393 e. The molecule has 3 fully saturated rings. The predicted octanol–water partition coefficient (Wildman–Crippen LogP) is 5.92. The highest BCUT2D eigenvalue weighted by Crippen LogP contribution is 2.44. The maximum atomic E-state index is 13.8. The molecule has 2 aromatic carbocycles. The molecule has 5 rings (SSSR count). The Morgan fingerprint density at radius 1 is 0.951 bits per heavy atom. The lowest BCUT2D eigenvalue weighted by Crippen LogP contribution is -2.53. The number of carbonyl (C=O) groups excluding carboxylic acids is 1. The van der Waals surface area contributed by atoms with E-state index in [4.69, 9.17) is 4.74 Å². The molecule has 12 heteroatoms. The summed E-state index contributed by atoms with van der Waals surface area (Å²) in [5.74, 6) is -1.07. The van der Waals surface area contributed by atoms with E-state index >= 15 is 0 Å². The van der Waals surface area contributed by atoms with E-state index < -0.39 is 47.4 Å². The van der Waals surface area contributed by atoms with Crippen molar-refractivity contribution in [1.82, 2.24) is 9.80 Å². The zero-order chi connectivity index (χ0) is 29.7. The van der Waals surface area contributed by atoms with Crippen LogP contribution in [0, 0.1) is 5.82 Å². The van der Waals surface area contributed by atoms with Gasteiger partial charge in [0.2, 0.25) is 5.91 Å². The minimum atomic E-state index is -4.99. The highest BCUT2D eigenvalue weighted by Gasteiger charge is 2.50. The van der Waals surface area contributed by atoms with Gasteiger partial charge in [0.05, 0.1) is 29.4 Å². The van der Waals surface area contributed by atoms with Gasteiger partial charge in [-0.3, -0.25) is 9.69 Å². The highest BCUT2D eigenvalue weighted by atomic mass is 19.4. The van der Waals surface area contributed by atoms with E-state index in [-0.39, 0.29) is 48.7 Å². The van der Waals surface area contributed by atoms with Gasteiger partial charge in [-0.05, 0) is 67.6 Å². The number of halogens is 7. The second-order valence-corrected chi connectivity index (χ2v) is 11.2. The Morgan fingerprint density at radius 2 is 1.54 bits per heavy atom. The van der Waals surface area contributed by atoms with Crippen LogP contribution in [0.1, 0.15) is 66.9 Å². The summed E-state index contributed by atoms with van der Waals surface area (Å²) in [5, 5.41) is 9.90. The van der Waals surface area contributed by atoms with E-state index in [9.17, 15) is 40.6 Å². The van der Waals surface area contributed by atoms with Crippen LogP contribution in [0.4, 0.5) is 30.7 Å². The molecule has 2 unspecified atom stereocenters. The first-order chi connectivity index (χ1) is 19.2. The molecular weight excluding hydrogens is 557 g/mol. The molecule has 1 amide bonds. The molecule has 0 aliphatic carbocycles. The summed E-state index contributed by atoms with van der Waals surface area (Å²) in [5.41, 5.74) is -2.48. The average Bonchev–Trinajstić information content (AvgIpc) is 3.26. The number of carbonyl (C=O) groups is 1. The molecule has 5 atom stereocenters. The van der Waals surface area contributed by atoms with Crippen molar-refractivity contribution in [3.8, 4) is 0 Å². The first-order valence-electron chi connectivity index (χ1n) is 13.6. The van der Waals surface area contributed by atoms with Crippen LogP contribution in [0.2, 0.25) is 0 Å². The number of aliphatic hydroxyl groups is 1. The Balaban J connectivity index is 1.45. The third-order valence-corrected chi connectivity index (χ3v) is 8.56. The number of amides is 1. The van der Waals surface area contributed by atoms with E-state index in [0.717, 1.165) is 0 Å². The first-order valence-corrected chi connectivity index (χ1v) is 13.6. The Labute approximate surface area is 232 Å². The van der Waals surface area contributed by atoms with Gasteiger partial charge in [0.1, 0.15) is 5.82 Å². The highest BCUT2D eigenvalue weighted by molar-refractivity contribution is 5.79. The van der Waals surface area contributed by atoms with Gasteiger partial charge in [-0.2, -0.15) is 26.3 Å². The van der Waals surface area contributed by atoms with E-state index in [2.05, 4.69) is 4.90 Å². The van der Waals surface area contributed by atoms with Crippen molar-refractivity contribution in [1.29, 1.82) is 0 Å². The molecule has 5 nitrogen and oxygen atoms in total. The second kappa shape index (κ2) is 11.2. The van der Waals surface area contributed by atoms with E-state index in [1.54, 1.807) is 17.0 Å². The van der Waals surface area contributed by atoms with Crippen LogP contribution in [-0.4, -0.2) is 64.7 Å². The number of piperidine rings is 2. The fourth-order valence-corrected chi connectivity index (χ4v) is 6.46. The second-order valence-electron chi connectivity index (χ2n) is 11.2. The van der Waals surface area contributed by atoms with Crippen molar-refractivity contribution >= 4 is 5.91 Å². The molecule has 3 aliphatic rings. The number of ether oxygens (including phenoxy) is 1. The number of hydrogen-bond acceptors (Lipinski definition) is 4. The Kier molecular flexibility index (Phi) is 8.12. The van der Waals surface area contributed by atoms with Gasteiger partial charge in [0.25, 0.3) is 0 Å². The van der Waals surface area contributed by atoms with Crippen LogP contribution >= 0.6 is 0 Å². The molecule has 3 heterocycles. The molecule has 3 aliphatic heterocycles. The maximum absolute atomic E-state index is 13.8. The molecular formula is C29H31F7N2O3. The molecule has 41 heavy (non-hydrogen) atoms. The fraction of sp³-hybridized carbons (Fsp3) is 0.552. The lowest BCUT2D eigenvalue weighted by atomic mass is 9.83. The molecule has 0 bridgehead atoms. The van der Waals surface area contributed by atoms with Gasteiger partial charge in [-0.15, -0.1) is 0 Å². The number of likely N-dealkylation sites (tertiary alicyclic amines) is 1. The summed E-state index contributed by atoms with van der Waals surface area (Å²) >= 11 is 0. The number of benzene rings is 2. The van der Waals surface area contributed by atoms with E-state index in [1.165, 1.54) is 19.1 Å². The van der Waals surface area contributed by atoms with Crippen LogP contribution in [0.5, 0.6) is 0 Å². The molecule has 224 valence electrons. The van der Waals surface area contributed by atoms with Crippen LogP contribution in [0.15, 0.2) is 42.5 Å². The summed E-state index contributed by atoms with van der Waals surface area (Å²) in [4.78, 5) is 17.2. The molecule has 0 radical (unpaired) electrons. The first kappa shape index (κ1) is 29.8. The Hall–Kier alpha value is -2.70. The lowest BCUT2D eigenvalue weighted by molar-refractivity contribution is -0.143. The van der Waals surface area contributed by atoms with Gasteiger partial charge >= 0.3 is 12.4 Å². The molecule has 1 N–H and O–H groups in total. The normalized spacial score (nSPS) is 27.2. The Morgan fingerprint density at radius 3 is 2.10 bits per heavy atom. The Bertz CT molecular complexity index is 1210. The maximum Gasteiger partial charge on any atom is 0.416 e. The average molecular weight is 589 g/mol. The molecule has 2 aromatic rings. The zero-order valence-electron chi connectivity index (χ0n) is 22.3. The summed E-state index contributed by atoms with van der Waals surface area (Å²) in [7, 11) is 0. The van der Waals surface area contributed by atoms with Gasteiger partial charge in [-0.1, -0.05) is 12.1 Å². The molecule has 0 aromatic heterocycles. The van der Waals surface area contributed by atoms with E-state index in [1.807, 2.05) is 0 Å². The quantitative estimate of drug-likeness (QED) is 0.441. The van der Waals surface area contributed by atoms with E-state index in [0.29, 0.717) is 50.0 Å². The lowest BCUT2D eigenvalue weighted by Gasteiger charge is -2.43. The number of nitrogens with zero attached hydrogens (tertiary/aromatic N) is 2. The molecule has 0 saturated carbocycles. The van der Waals surface area contributed by atoms with Gasteiger partial charge < -0.3 is 14.7 Å². The van der Waals surface area contributed by atoms with Crippen LogP contribution in [0.3, 0.4) is 0 Å². The molecule has 0 spiro atoms. The predicted molar refractivity (Wildman–Crippen MR) is 134 cm³/mol. The van der Waals surface area contributed by atoms with Gasteiger partial charge in [-0.25, -0.2) is 4.39 Å². The number of alkyl halides is 6. The van der Waals surface area contributed by atoms with Crippen molar-refractivity contribution < 1.29 is 45.4 Å². The summed E-state index contributed by atoms with van der Waals surface area (Å²) in [6.45, 7) is 2.77. The van der Waals surface area contributed by atoms with Crippen molar-refractivity contribution in [2.24, 2.45) is 0 Å². The summed E-state index contributed by atoms with van der Waals surface area (Å²) < 4.78 is 101. The zero-order valence-corrected chi connectivity index (χ0v) is 22.3. The number of hydrogen-bond donors (Lipinski definition) is 1. The van der Waals surface area contributed by atoms with Crippen molar-refractivity contribution in [3.63, 3.8) is 0 Å². The number of aliphatic hydroxyl groups excluding tert-OH is 1. The fourth-order valence-electron chi connectivity index (χ4n) is 6.46. The van der Waals surface area contributed by atoms with Gasteiger partial charge in [0.15, 0.2) is 0 Å². The third-order valence-electron chi connectivity index (χ3n) is 8.56. The van der Waals surface area contributed by atoms with Crippen LogP contribution < -0.4 is 0 Å². The largest absolute Gasteiger partial charge is 0.416 e. The minimum absolute atomic E-state index is 0.0752. The van der Waals surface area contributed by atoms with Gasteiger partial charge in [0, 0.05) is 44.1 Å². The van der Waals surface area contributed by atoms with Crippen molar-refractivity contribution in [2.75, 3.05) is 19.6 Å². The summed E-state index contributed by atoms with van der Waals surface area (Å²) in [6.07, 6.45) is -10.3. The SMILES string of the molecule is C[C@@H](O[C@H]1CN2C(=O)CC(N3CCC(O)CC3)C[C@H]2C1c1ccc(F)cc1)c1cc(C(F)(F)F)cc(C(F)(F)F)c1. The van der Waals surface area contributed by atoms with Crippen LogP contribution in [-0.2, 0) is 21.9 Å². The monoisotopic (exact) mass is 588 g/mol. The topological polar surface area (TPSA) is 53.0 Å². The van der Waals surface area contributed by atoms with Crippen LogP contribution in [0.25, 0.3) is 0 Å². The summed E-state index contributed by atoms with van der Waals surface area (Å²) in [6, 6.07) is 6.62. The van der Waals surface area contributed by atoms with Crippen molar-refractivity contribution in [2.45, 2.75) is 81.3 Å². The van der Waals surface area contributed by atoms with Crippen molar-refractivity contribution in [3.05, 3.63) is 70.5 Å². The smallest absolute Gasteiger partial charge is 0.393 e. The third kappa shape index (κ3) is 6.39. The number of rotatable bonds is 5. The molecule has 3 saturated heterocycles.